The number of carbonyl (C=O) groups excluding carboxylic acids is 1. The summed E-state index contributed by atoms with van der Waals surface area (Å²) in [6.07, 6.45) is 1.76. The van der Waals surface area contributed by atoms with Gasteiger partial charge in [0.1, 0.15) is 5.75 Å². The Hall–Kier alpha value is -4.68. The van der Waals surface area contributed by atoms with Crippen molar-refractivity contribution < 1.29 is 43.1 Å². The van der Waals surface area contributed by atoms with Crippen LogP contribution in [-0.4, -0.2) is 82.9 Å². The fraction of sp³-hybridized carbons (Fsp3) is 0.500. The van der Waals surface area contributed by atoms with Gasteiger partial charge in [-0.05, 0) is 99.7 Å². The highest BCUT2D eigenvalue weighted by Gasteiger charge is 2.50. The first-order valence-electron chi connectivity index (χ1n) is 17.8. The van der Waals surface area contributed by atoms with Gasteiger partial charge in [0.05, 0.1) is 70.1 Å². The van der Waals surface area contributed by atoms with E-state index in [-0.39, 0.29) is 18.6 Å². The molecule has 1 unspecified atom stereocenters. The molecule has 4 atom stereocenters. The van der Waals surface area contributed by atoms with Crippen LogP contribution in [0.15, 0.2) is 53.6 Å². The van der Waals surface area contributed by atoms with Crippen molar-refractivity contribution in [2.24, 2.45) is 16.9 Å². The van der Waals surface area contributed by atoms with Crippen LogP contribution >= 0.6 is 0 Å². The SMILES string of the molecule is CCC(C)(O)CCOC(C)(C)CCNC(=O)[C@@H]1[C@H](c2cc(OC)c(OC)c(OC)c2)c2cc3c(cc2C2=NN(c4ccc(OC)cc4)C[C@H]21)OCO3. The lowest BCUT2D eigenvalue weighted by Gasteiger charge is -2.38. The fourth-order valence-electron chi connectivity index (χ4n) is 7.24. The maximum atomic E-state index is 14.8. The number of ether oxygens (including phenoxy) is 7. The molecule has 2 N–H and O–H groups in total. The zero-order valence-corrected chi connectivity index (χ0v) is 31.4. The molecular formula is C40H51N3O9. The number of hydrazone groups is 1. The first-order valence-corrected chi connectivity index (χ1v) is 17.8. The largest absolute Gasteiger partial charge is 0.497 e. The van der Waals surface area contributed by atoms with E-state index in [0.29, 0.717) is 67.7 Å². The minimum Gasteiger partial charge on any atom is -0.497 e. The van der Waals surface area contributed by atoms with E-state index in [9.17, 15) is 9.90 Å². The minimum atomic E-state index is -0.777. The number of methoxy groups -OCH3 is 4. The van der Waals surface area contributed by atoms with Gasteiger partial charge in [0, 0.05) is 23.9 Å². The van der Waals surface area contributed by atoms with E-state index >= 15 is 0 Å². The van der Waals surface area contributed by atoms with Crippen molar-refractivity contribution in [1.82, 2.24) is 5.32 Å². The van der Waals surface area contributed by atoms with Gasteiger partial charge in [-0.3, -0.25) is 9.80 Å². The van der Waals surface area contributed by atoms with E-state index < -0.39 is 23.0 Å². The van der Waals surface area contributed by atoms with Crippen molar-refractivity contribution in [2.75, 3.05) is 59.9 Å². The Morgan fingerprint density at radius 3 is 2.23 bits per heavy atom. The predicted octanol–water partition coefficient (Wildman–Crippen LogP) is 5.90. The topological polar surface area (TPSA) is 130 Å². The molecule has 12 nitrogen and oxygen atoms in total. The molecule has 12 heteroatoms. The molecule has 0 saturated carbocycles. The van der Waals surface area contributed by atoms with E-state index in [2.05, 4.69) is 5.32 Å². The first-order chi connectivity index (χ1) is 24.9. The summed E-state index contributed by atoms with van der Waals surface area (Å²) < 4.78 is 40.5. The molecule has 3 aliphatic rings. The van der Waals surface area contributed by atoms with Crippen molar-refractivity contribution in [3.05, 3.63) is 65.2 Å². The number of fused-ring (bicyclic) bond motifs is 4. The second kappa shape index (κ2) is 15.1. The molecule has 0 spiro atoms. The van der Waals surface area contributed by atoms with Gasteiger partial charge in [0.15, 0.2) is 23.0 Å². The zero-order valence-electron chi connectivity index (χ0n) is 31.4. The standard InChI is InChI=1S/C40H51N3O9/c1-9-40(4,45)15-17-52-39(2,3)14-16-41-38(44)35-29-22-43(25-10-12-26(46-5)13-11-25)42-36(29)28-21-31-30(50-23-51-31)20-27(28)34(35)24-18-32(47-6)37(49-8)33(19-24)48-7/h10-13,18-21,29,34-35,45H,9,14-17,22-23H2,1-8H3,(H,41,44)/t29-,34+,35-,40?/m0/s1. The fourth-order valence-corrected chi connectivity index (χ4v) is 7.24. The van der Waals surface area contributed by atoms with Crippen LogP contribution in [0.3, 0.4) is 0 Å². The average molecular weight is 718 g/mol. The molecule has 0 radical (unpaired) electrons. The van der Waals surface area contributed by atoms with Crippen molar-refractivity contribution in [2.45, 2.75) is 64.1 Å². The van der Waals surface area contributed by atoms with Crippen LogP contribution in [-0.2, 0) is 9.53 Å². The Balaban J connectivity index is 1.39. The smallest absolute Gasteiger partial charge is 0.231 e. The van der Waals surface area contributed by atoms with Crippen molar-refractivity contribution >= 4 is 17.3 Å². The summed E-state index contributed by atoms with van der Waals surface area (Å²) in [7, 11) is 6.37. The number of rotatable bonds is 15. The Morgan fingerprint density at radius 2 is 1.62 bits per heavy atom. The molecule has 0 fully saturated rings. The number of nitrogens with one attached hydrogen (secondary N) is 1. The van der Waals surface area contributed by atoms with Gasteiger partial charge in [0.25, 0.3) is 0 Å². The number of anilines is 1. The van der Waals surface area contributed by atoms with Gasteiger partial charge in [0.2, 0.25) is 18.4 Å². The molecule has 1 aliphatic carbocycles. The molecule has 2 heterocycles. The average Bonchev–Trinajstić information content (AvgIpc) is 3.80. The van der Waals surface area contributed by atoms with Crippen LogP contribution in [0.25, 0.3) is 0 Å². The molecule has 3 aromatic rings. The van der Waals surface area contributed by atoms with E-state index in [1.54, 1.807) is 28.4 Å². The number of carbonyl (C=O) groups is 1. The maximum Gasteiger partial charge on any atom is 0.231 e. The van der Waals surface area contributed by atoms with Gasteiger partial charge < -0.3 is 43.6 Å². The highest BCUT2D eigenvalue weighted by molar-refractivity contribution is 6.10. The molecule has 0 aromatic heterocycles. The van der Waals surface area contributed by atoms with Crippen LogP contribution in [0.4, 0.5) is 5.69 Å². The summed E-state index contributed by atoms with van der Waals surface area (Å²) in [5, 5.41) is 20.8. The molecule has 0 bridgehead atoms. The second-order valence-electron chi connectivity index (χ2n) is 14.4. The van der Waals surface area contributed by atoms with Crippen molar-refractivity contribution in [3.8, 4) is 34.5 Å². The number of hydrogen-bond acceptors (Lipinski definition) is 11. The molecule has 6 rings (SSSR count). The minimum absolute atomic E-state index is 0.110. The lowest BCUT2D eigenvalue weighted by molar-refractivity contribution is -0.126. The Morgan fingerprint density at radius 1 is 0.942 bits per heavy atom. The van der Waals surface area contributed by atoms with Gasteiger partial charge in [-0.15, -0.1) is 0 Å². The van der Waals surface area contributed by atoms with Crippen molar-refractivity contribution in [1.29, 1.82) is 0 Å². The van der Waals surface area contributed by atoms with Gasteiger partial charge in [-0.1, -0.05) is 6.92 Å². The molecule has 3 aromatic carbocycles. The van der Waals surface area contributed by atoms with E-state index in [1.165, 1.54) is 0 Å². The first kappa shape index (κ1) is 37.1. The van der Waals surface area contributed by atoms with Gasteiger partial charge in [-0.2, -0.15) is 5.10 Å². The van der Waals surface area contributed by atoms with E-state index in [4.69, 9.17) is 38.3 Å². The summed E-state index contributed by atoms with van der Waals surface area (Å²) in [5.41, 5.74) is 3.00. The second-order valence-corrected chi connectivity index (χ2v) is 14.4. The van der Waals surface area contributed by atoms with Crippen LogP contribution < -0.4 is 38.7 Å². The quantitative estimate of drug-likeness (QED) is 0.196. The zero-order chi connectivity index (χ0) is 37.2. The lowest BCUT2D eigenvalue weighted by atomic mass is 9.65. The molecule has 0 saturated heterocycles. The highest BCUT2D eigenvalue weighted by Crippen LogP contribution is 2.52. The Bertz CT molecular complexity index is 1760. The summed E-state index contributed by atoms with van der Waals surface area (Å²) in [5.74, 6) is 2.01. The summed E-state index contributed by atoms with van der Waals surface area (Å²) in [6, 6.07) is 15.5. The number of hydrogen-bond donors (Lipinski definition) is 2. The molecular weight excluding hydrogens is 666 g/mol. The molecule has 52 heavy (non-hydrogen) atoms. The Kier molecular flexibility index (Phi) is 10.8. The van der Waals surface area contributed by atoms with Crippen LogP contribution in [0.2, 0.25) is 0 Å². The van der Waals surface area contributed by atoms with Crippen molar-refractivity contribution in [3.63, 3.8) is 0 Å². The Labute approximate surface area is 305 Å². The van der Waals surface area contributed by atoms with E-state index in [0.717, 1.165) is 33.8 Å². The third kappa shape index (κ3) is 7.45. The highest BCUT2D eigenvalue weighted by atomic mass is 16.7. The summed E-state index contributed by atoms with van der Waals surface area (Å²) in [4.78, 5) is 14.8. The third-order valence-corrected chi connectivity index (χ3v) is 10.5. The molecule has 280 valence electrons. The van der Waals surface area contributed by atoms with Crippen LogP contribution in [0.5, 0.6) is 34.5 Å². The van der Waals surface area contributed by atoms with Gasteiger partial charge in [-0.25, -0.2) is 0 Å². The maximum absolute atomic E-state index is 14.8. The molecule has 2 aliphatic heterocycles. The number of nitrogens with zero attached hydrogens (tertiary/aromatic N) is 2. The number of amides is 1. The monoisotopic (exact) mass is 717 g/mol. The van der Waals surface area contributed by atoms with Gasteiger partial charge >= 0.3 is 0 Å². The lowest BCUT2D eigenvalue weighted by Crippen LogP contribution is -2.46. The number of benzene rings is 3. The predicted molar refractivity (Wildman–Crippen MR) is 198 cm³/mol. The molecule has 1 amide bonds. The summed E-state index contributed by atoms with van der Waals surface area (Å²) >= 11 is 0. The third-order valence-electron chi connectivity index (χ3n) is 10.5. The summed E-state index contributed by atoms with van der Waals surface area (Å²) in [6.45, 7) is 9.19. The van der Waals surface area contributed by atoms with Crippen LogP contribution in [0, 0.1) is 11.8 Å². The normalized spacial score (nSPS) is 20.0. The van der Waals surface area contributed by atoms with Crippen LogP contribution in [0.1, 0.15) is 69.6 Å². The van der Waals surface area contributed by atoms with E-state index in [1.807, 2.05) is 81.2 Å². The number of aliphatic hydroxyl groups is 1.